The van der Waals surface area contributed by atoms with Crippen molar-refractivity contribution in [2.24, 2.45) is 0 Å². The van der Waals surface area contributed by atoms with Gasteiger partial charge in [0.05, 0.1) is 12.3 Å². The molecule has 3 rings (SSSR count). The standard InChI is InChI=1S/C19H22N2O3/c1-2-17-19(22)21(16-10-9-14(20)13-18(16)24-17)11-6-12-23-15-7-4-3-5-8-15/h3-5,7-10,13,17H,2,6,11-12,20H2,1H3. The van der Waals surface area contributed by atoms with Gasteiger partial charge in [0.1, 0.15) is 11.5 Å². The molecule has 2 aromatic carbocycles. The zero-order valence-corrected chi connectivity index (χ0v) is 13.8. The predicted molar refractivity (Wildman–Crippen MR) is 94.5 cm³/mol. The van der Waals surface area contributed by atoms with Gasteiger partial charge in [-0.15, -0.1) is 0 Å². The first-order valence-corrected chi connectivity index (χ1v) is 8.24. The molecule has 0 aliphatic carbocycles. The molecule has 0 bridgehead atoms. The second-order valence-corrected chi connectivity index (χ2v) is 5.75. The fraction of sp³-hybridized carbons (Fsp3) is 0.316. The molecule has 0 aromatic heterocycles. The number of ether oxygens (including phenoxy) is 2. The molecule has 1 aliphatic rings. The molecule has 1 amide bonds. The van der Waals surface area contributed by atoms with Crippen molar-refractivity contribution in [2.45, 2.75) is 25.9 Å². The Kier molecular flexibility index (Phi) is 4.89. The van der Waals surface area contributed by atoms with Crippen molar-refractivity contribution in [1.82, 2.24) is 0 Å². The Morgan fingerprint density at radius 3 is 2.75 bits per heavy atom. The number of nitrogens with zero attached hydrogens (tertiary/aromatic N) is 1. The number of amides is 1. The van der Waals surface area contributed by atoms with Crippen LogP contribution in [0.3, 0.4) is 0 Å². The lowest BCUT2D eigenvalue weighted by molar-refractivity contribution is -0.126. The van der Waals surface area contributed by atoms with Gasteiger partial charge in [0.2, 0.25) is 0 Å². The largest absolute Gasteiger partial charge is 0.494 e. The summed E-state index contributed by atoms with van der Waals surface area (Å²) in [5.74, 6) is 1.50. The number of para-hydroxylation sites is 1. The van der Waals surface area contributed by atoms with Gasteiger partial charge in [-0.2, -0.15) is 0 Å². The zero-order valence-electron chi connectivity index (χ0n) is 13.8. The van der Waals surface area contributed by atoms with Crippen molar-refractivity contribution in [1.29, 1.82) is 0 Å². The molecule has 0 radical (unpaired) electrons. The maximum atomic E-state index is 12.6. The molecular formula is C19H22N2O3. The highest BCUT2D eigenvalue weighted by atomic mass is 16.5. The van der Waals surface area contributed by atoms with Crippen LogP contribution < -0.4 is 20.1 Å². The van der Waals surface area contributed by atoms with E-state index in [2.05, 4.69) is 0 Å². The lowest BCUT2D eigenvalue weighted by Gasteiger charge is -2.34. The highest BCUT2D eigenvalue weighted by Crippen LogP contribution is 2.36. The van der Waals surface area contributed by atoms with Crippen molar-refractivity contribution in [2.75, 3.05) is 23.8 Å². The van der Waals surface area contributed by atoms with Crippen LogP contribution >= 0.6 is 0 Å². The van der Waals surface area contributed by atoms with Gasteiger partial charge < -0.3 is 20.1 Å². The molecule has 0 spiro atoms. The number of nitrogens with two attached hydrogens (primary N) is 1. The first-order valence-electron chi connectivity index (χ1n) is 8.24. The third-order valence-corrected chi connectivity index (χ3v) is 3.99. The number of anilines is 2. The summed E-state index contributed by atoms with van der Waals surface area (Å²) in [5.41, 5.74) is 7.24. The Morgan fingerprint density at radius 1 is 1.21 bits per heavy atom. The minimum Gasteiger partial charge on any atom is -0.494 e. The summed E-state index contributed by atoms with van der Waals surface area (Å²) in [6.45, 7) is 3.08. The van der Waals surface area contributed by atoms with Crippen LogP contribution in [-0.2, 0) is 4.79 Å². The summed E-state index contributed by atoms with van der Waals surface area (Å²) < 4.78 is 11.5. The minimum absolute atomic E-state index is 0.00511. The van der Waals surface area contributed by atoms with E-state index in [1.54, 1.807) is 17.0 Å². The number of fused-ring (bicyclic) bond motifs is 1. The second kappa shape index (κ2) is 7.25. The molecule has 24 heavy (non-hydrogen) atoms. The van der Waals surface area contributed by atoms with Gasteiger partial charge in [0, 0.05) is 18.3 Å². The third kappa shape index (κ3) is 3.45. The average molecular weight is 326 g/mol. The van der Waals surface area contributed by atoms with E-state index in [0.717, 1.165) is 17.9 Å². The van der Waals surface area contributed by atoms with Crippen LogP contribution in [0.2, 0.25) is 0 Å². The van der Waals surface area contributed by atoms with Crippen LogP contribution in [0.25, 0.3) is 0 Å². The van der Waals surface area contributed by atoms with Crippen LogP contribution in [0.15, 0.2) is 48.5 Å². The maximum Gasteiger partial charge on any atom is 0.268 e. The number of hydrogen-bond acceptors (Lipinski definition) is 4. The van der Waals surface area contributed by atoms with Crippen molar-refractivity contribution < 1.29 is 14.3 Å². The molecule has 126 valence electrons. The van der Waals surface area contributed by atoms with Gasteiger partial charge >= 0.3 is 0 Å². The Morgan fingerprint density at radius 2 is 2.00 bits per heavy atom. The molecule has 5 heteroatoms. The minimum atomic E-state index is -0.450. The number of carbonyl (C=O) groups is 1. The zero-order chi connectivity index (χ0) is 16.9. The molecule has 0 saturated heterocycles. The van der Waals surface area contributed by atoms with Crippen LogP contribution in [0.1, 0.15) is 19.8 Å². The van der Waals surface area contributed by atoms with E-state index < -0.39 is 6.10 Å². The summed E-state index contributed by atoms with van der Waals surface area (Å²) in [4.78, 5) is 14.4. The summed E-state index contributed by atoms with van der Waals surface area (Å²) in [6.07, 6.45) is 0.916. The van der Waals surface area contributed by atoms with Crippen molar-refractivity contribution >= 4 is 17.3 Å². The molecule has 0 fully saturated rings. The molecule has 2 aromatic rings. The van der Waals surface area contributed by atoms with Gasteiger partial charge in [-0.1, -0.05) is 25.1 Å². The van der Waals surface area contributed by atoms with E-state index in [1.165, 1.54) is 0 Å². The lowest BCUT2D eigenvalue weighted by Crippen LogP contribution is -2.46. The first kappa shape index (κ1) is 16.2. The Bertz CT molecular complexity index is 703. The van der Waals surface area contributed by atoms with Crippen LogP contribution in [-0.4, -0.2) is 25.2 Å². The number of carbonyl (C=O) groups excluding carboxylic acids is 1. The quantitative estimate of drug-likeness (QED) is 0.654. The summed E-state index contributed by atoms with van der Waals surface area (Å²) >= 11 is 0. The number of hydrogen-bond donors (Lipinski definition) is 1. The number of rotatable bonds is 6. The summed E-state index contributed by atoms with van der Waals surface area (Å²) in [5, 5.41) is 0. The normalized spacial score (nSPS) is 16.5. The van der Waals surface area contributed by atoms with E-state index in [-0.39, 0.29) is 5.91 Å². The van der Waals surface area contributed by atoms with Gasteiger partial charge in [-0.3, -0.25) is 4.79 Å². The van der Waals surface area contributed by atoms with E-state index in [0.29, 0.717) is 31.0 Å². The predicted octanol–water partition coefficient (Wildman–Crippen LogP) is 3.24. The van der Waals surface area contributed by atoms with Crippen LogP contribution in [0.4, 0.5) is 11.4 Å². The van der Waals surface area contributed by atoms with E-state index in [1.807, 2.05) is 43.3 Å². The number of nitrogen functional groups attached to an aromatic ring is 1. The van der Waals surface area contributed by atoms with Crippen LogP contribution in [0.5, 0.6) is 11.5 Å². The molecule has 1 unspecified atom stereocenters. The maximum absolute atomic E-state index is 12.6. The van der Waals surface area contributed by atoms with Crippen molar-refractivity contribution in [3.63, 3.8) is 0 Å². The van der Waals surface area contributed by atoms with Crippen molar-refractivity contribution in [3.05, 3.63) is 48.5 Å². The Labute approximate surface area is 142 Å². The van der Waals surface area contributed by atoms with Gasteiger partial charge in [-0.05, 0) is 37.1 Å². The smallest absolute Gasteiger partial charge is 0.268 e. The average Bonchev–Trinajstić information content (AvgIpc) is 2.60. The SMILES string of the molecule is CCC1Oc2cc(N)ccc2N(CCCOc2ccccc2)C1=O. The van der Waals surface area contributed by atoms with Crippen LogP contribution in [0, 0.1) is 0 Å². The molecule has 1 aliphatic heterocycles. The van der Waals surface area contributed by atoms with E-state index in [4.69, 9.17) is 15.2 Å². The summed E-state index contributed by atoms with van der Waals surface area (Å²) in [7, 11) is 0. The molecule has 2 N–H and O–H groups in total. The summed E-state index contributed by atoms with van der Waals surface area (Å²) in [6, 6.07) is 15.1. The molecule has 5 nitrogen and oxygen atoms in total. The molecule has 1 heterocycles. The monoisotopic (exact) mass is 326 g/mol. The fourth-order valence-electron chi connectivity index (χ4n) is 2.76. The second-order valence-electron chi connectivity index (χ2n) is 5.75. The fourth-order valence-corrected chi connectivity index (χ4v) is 2.76. The Balaban J connectivity index is 1.66. The Hall–Kier alpha value is -2.69. The molecule has 1 atom stereocenters. The van der Waals surface area contributed by atoms with Gasteiger partial charge in [0.15, 0.2) is 6.10 Å². The molecule has 0 saturated carbocycles. The lowest BCUT2D eigenvalue weighted by atomic mass is 10.1. The highest BCUT2D eigenvalue weighted by molar-refractivity contribution is 6.00. The third-order valence-electron chi connectivity index (χ3n) is 3.99. The van der Waals surface area contributed by atoms with E-state index in [9.17, 15) is 4.79 Å². The molecular weight excluding hydrogens is 304 g/mol. The van der Waals surface area contributed by atoms with E-state index >= 15 is 0 Å². The highest BCUT2D eigenvalue weighted by Gasteiger charge is 2.32. The van der Waals surface area contributed by atoms with Gasteiger partial charge in [-0.25, -0.2) is 0 Å². The van der Waals surface area contributed by atoms with Crippen molar-refractivity contribution in [3.8, 4) is 11.5 Å². The first-order chi connectivity index (χ1) is 11.7. The number of benzene rings is 2. The van der Waals surface area contributed by atoms with Gasteiger partial charge in [0.25, 0.3) is 5.91 Å². The topological polar surface area (TPSA) is 64.8 Å².